The van der Waals surface area contributed by atoms with Crippen LogP contribution in [0.15, 0.2) is 18.2 Å². The van der Waals surface area contributed by atoms with Crippen molar-refractivity contribution in [3.8, 4) is 0 Å². The Morgan fingerprint density at radius 3 is 2.43 bits per heavy atom. The predicted molar refractivity (Wildman–Crippen MR) is 90.9 cm³/mol. The van der Waals surface area contributed by atoms with Gasteiger partial charge in [-0.2, -0.15) is 0 Å². The summed E-state index contributed by atoms with van der Waals surface area (Å²) in [5, 5.41) is 3.68. The van der Waals surface area contributed by atoms with E-state index in [9.17, 15) is 0 Å². The van der Waals surface area contributed by atoms with Crippen LogP contribution in [0.4, 0.5) is 0 Å². The van der Waals surface area contributed by atoms with E-state index >= 15 is 0 Å². The highest BCUT2D eigenvalue weighted by molar-refractivity contribution is 5.31. The molecule has 1 N–H and O–H groups in total. The van der Waals surface area contributed by atoms with Crippen LogP contribution in [-0.2, 0) is 0 Å². The molecule has 1 fully saturated rings. The van der Waals surface area contributed by atoms with Crippen molar-refractivity contribution < 1.29 is 0 Å². The molecule has 0 amide bonds. The average Bonchev–Trinajstić information content (AvgIpc) is 2.62. The van der Waals surface area contributed by atoms with Crippen molar-refractivity contribution >= 4 is 0 Å². The molecule has 1 atom stereocenters. The van der Waals surface area contributed by atoms with E-state index < -0.39 is 0 Å². The molecule has 0 saturated carbocycles. The summed E-state index contributed by atoms with van der Waals surface area (Å²) in [6, 6.07) is 7.37. The Labute approximate surface area is 130 Å². The van der Waals surface area contributed by atoms with Crippen LogP contribution in [0, 0.1) is 13.8 Å². The van der Waals surface area contributed by atoms with Crippen molar-refractivity contribution in [1.82, 2.24) is 15.1 Å². The maximum absolute atomic E-state index is 3.68. The first-order valence-electron chi connectivity index (χ1n) is 8.31. The fourth-order valence-electron chi connectivity index (χ4n) is 3.29. The van der Waals surface area contributed by atoms with Crippen LogP contribution >= 0.6 is 0 Å². The Morgan fingerprint density at radius 1 is 1.05 bits per heavy atom. The van der Waals surface area contributed by atoms with Crippen LogP contribution < -0.4 is 5.32 Å². The minimum absolute atomic E-state index is 0.442. The Hall–Kier alpha value is -0.900. The molecule has 0 bridgehead atoms. The first kappa shape index (κ1) is 16.5. The summed E-state index contributed by atoms with van der Waals surface area (Å²) in [5.41, 5.74) is 4.17. The molecule has 1 aliphatic heterocycles. The van der Waals surface area contributed by atoms with Gasteiger partial charge in [-0.3, -0.25) is 0 Å². The lowest BCUT2D eigenvalue weighted by Crippen LogP contribution is -2.37. The van der Waals surface area contributed by atoms with E-state index in [-0.39, 0.29) is 0 Å². The van der Waals surface area contributed by atoms with E-state index in [0.717, 1.165) is 13.1 Å². The quantitative estimate of drug-likeness (QED) is 0.899. The van der Waals surface area contributed by atoms with E-state index in [2.05, 4.69) is 61.1 Å². The SMILES string of the molecule is CCNC(CN1CCCN(C)CC1)c1cc(C)cc(C)c1. The van der Waals surface area contributed by atoms with Crippen LogP contribution in [0.5, 0.6) is 0 Å². The number of nitrogens with zero attached hydrogens (tertiary/aromatic N) is 2. The third kappa shape index (κ3) is 5.10. The molecule has 2 rings (SSSR count). The monoisotopic (exact) mass is 289 g/mol. The Balaban J connectivity index is 2.07. The molecular formula is C18H31N3. The molecule has 0 aromatic heterocycles. The van der Waals surface area contributed by atoms with Crippen LogP contribution in [0.1, 0.15) is 36.1 Å². The molecule has 1 heterocycles. The molecule has 3 nitrogen and oxygen atoms in total. The molecule has 1 aliphatic rings. The summed E-state index contributed by atoms with van der Waals surface area (Å²) in [5.74, 6) is 0. The summed E-state index contributed by atoms with van der Waals surface area (Å²) in [4.78, 5) is 5.06. The van der Waals surface area contributed by atoms with E-state index in [0.29, 0.717) is 6.04 Å². The van der Waals surface area contributed by atoms with Crippen molar-refractivity contribution in [2.45, 2.75) is 33.2 Å². The molecule has 1 saturated heterocycles. The number of hydrogen-bond donors (Lipinski definition) is 1. The van der Waals surface area contributed by atoms with Crippen molar-refractivity contribution in [2.75, 3.05) is 46.3 Å². The molecule has 21 heavy (non-hydrogen) atoms. The number of rotatable bonds is 5. The van der Waals surface area contributed by atoms with Gasteiger partial charge in [-0.15, -0.1) is 0 Å². The third-order valence-electron chi connectivity index (χ3n) is 4.35. The highest BCUT2D eigenvalue weighted by Gasteiger charge is 2.18. The lowest BCUT2D eigenvalue weighted by molar-refractivity contribution is 0.248. The van der Waals surface area contributed by atoms with Gasteiger partial charge in [0, 0.05) is 25.7 Å². The van der Waals surface area contributed by atoms with Gasteiger partial charge in [-0.1, -0.05) is 36.2 Å². The fourth-order valence-corrected chi connectivity index (χ4v) is 3.29. The molecule has 0 radical (unpaired) electrons. The molecule has 1 unspecified atom stereocenters. The number of likely N-dealkylation sites (N-methyl/N-ethyl adjacent to an activating group) is 2. The zero-order valence-corrected chi connectivity index (χ0v) is 14.2. The van der Waals surface area contributed by atoms with E-state index in [4.69, 9.17) is 0 Å². The van der Waals surface area contributed by atoms with Gasteiger partial charge in [0.15, 0.2) is 0 Å². The smallest absolute Gasteiger partial charge is 0.0449 e. The number of nitrogens with one attached hydrogen (secondary N) is 1. The minimum atomic E-state index is 0.442. The fraction of sp³-hybridized carbons (Fsp3) is 0.667. The lowest BCUT2D eigenvalue weighted by atomic mass is 10.0. The topological polar surface area (TPSA) is 18.5 Å². The first-order valence-corrected chi connectivity index (χ1v) is 8.31. The van der Waals surface area contributed by atoms with Gasteiger partial charge in [-0.25, -0.2) is 0 Å². The van der Waals surface area contributed by atoms with Crippen LogP contribution in [0.2, 0.25) is 0 Å². The highest BCUT2D eigenvalue weighted by atomic mass is 15.2. The van der Waals surface area contributed by atoms with Gasteiger partial charge in [0.1, 0.15) is 0 Å². The van der Waals surface area contributed by atoms with Crippen molar-refractivity contribution in [1.29, 1.82) is 0 Å². The Bertz CT molecular complexity index is 424. The first-order chi connectivity index (χ1) is 10.1. The number of hydrogen-bond acceptors (Lipinski definition) is 3. The predicted octanol–water partition coefficient (Wildman–Crippen LogP) is 2.59. The zero-order chi connectivity index (χ0) is 15.2. The highest BCUT2D eigenvalue weighted by Crippen LogP contribution is 2.19. The molecular weight excluding hydrogens is 258 g/mol. The normalized spacial score (nSPS) is 19.4. The summed E-state index contributed by atoms with van der Waals surface area (Å²) in [7, 11) is 2.23. The van der Waals surface area contributed by atoms with E-state index in [1.54, 1.807) is 0 Å². The minimum Gasteiger partial charge on any atom is -0.309 e. The summed E-state index contributed by atoms with van der Waals surface area (Å²) >= 11 is 0. The second-order valence-corrected chi connectivity index (χ2v) is 6.49. The molecule has 1 aromatic carbocycles. The lowest BCUT2D eigenvalue weighted by Gasteiger charge is -2.27. The van der Waals surface area contributed by atoms with Crippen molar-refractivity contribution in [3.05, 3.63) is 34.9 Å². The maximum atomic E-state index is 3.68. The number of aryl methyl sites for hydroxylation is 2. The summed E-state index contributed by atoms with van der Waals surface area (Å²) < 4.78 is 0. The Morgan fingerprint density at radius 2 is 1.76 bits per heavy atom. The zero-order valence-electron chi connectivity index (χ0n) is 14.2. The van der Waals surface area contributed by atoms with Gasteiger partial charge in [-0.05, 0) is 52.5 Å². The van der Waals surface area contributed by atoms with Crippen LogP contribution in [0.25, 0.3) is 0 Å². The number of benzene rings is 1. The third-order valence-corrected chi connectivity index (χ3v) is 4.35. The largest absolute Gasteiger partial charge is 0.309 e. The molecule has 118 valence electrons. The standard InChI is InChI=1S/C18H31N3/c1-5-19-18(17-12-15(2)11-16(3)13-17)14-21-8-6-7-20(4)9-10-21/h11-13,18-19H,5-10,14H2,1-4H3. The van der Waals surface area contributed by atoms with Gasteiger partial charge < -0.3 is 15.1 Å². The Kier molecular flexibility index (Phi) is 6.22. The van der Waals surface area contributed by atoms with Gasteiger partial charge in [0.25, 0.3) is 0 Å². The van der Waals surface area contributed by atoms with Gasteiger partial charge >= 0.3 is 0 Å². The van der Waals surface area contributed by atoms with E-state index in [1.807, 2.05) is 0 Å². The van der Waals surface area contributed by atoms with Gasteiger partial charge in [0.05, 0.1) is 0 Å². The maximum Gasteiger partial charge on any atom is 0.0449 e. The van der Waals surface area contributed by atoms with Gasteiger partial charge in [0.2, 0.25) is 0 Å². The summed E-state index contributed by atoms with van der Waals surface area (Å²) in [6.07, 6.45) is 1.28. The molecule has 0 aliphatic carbocycles. The van der Waals surface area contributed by atoms with Crippen LogP contribution in [0.3, 0.4) is 0 Å². The molecule has 3 heteroatoms. The van der Waals surface area contributed by atoms with Crippen molar-refractivity contribution in [2.24, 2.45) is 0 Å². The summed E-state index contributed by atoms with van der Waals surface area (Å²) in [6.45, 7) is 13.5. The van der Waals surface area contributed by atoms with Crippen molar-refractivity contribution in [3.63, 3.8) is 0 Å². The molecule has 1 aromatic rings. The molecule has 0 spiro atoms. The second-order valence-electron chi connectivity index (χ2n) is 6.49. The van der Waals surface area contributed by atoms with Crippen LogP contribution in [-0.4, -0.2) is 56.1 Å². The average molecular weight is 289 g/mol. The van der Waals surface area contributed by atoms with E-state index in [1.165, 1.54) is 49.3 Å². The second kappa shape index (κ2) is 7.92.